The first kappa shape index (κ1) is 15.1. The number of rotatable bonds is 3. The number of methoxy groups -OCH3 is 1. The maximum Gasteiger partial charge on any atom is 0.226 e. The van der Waals surface area contributed by atoms with E-state index in [1.165, 1.54) is 0 Å². The second-order valence-corrected chi connectivity index (χ2v) is 5.57. The zero-order valence-corrected chi connectivity index (χ0v) is 13.1. The third kappa shape index (κ3) is 3.04. The molecule has 0 atom stereocenters. The van der Waals surface area contributed by atoms with Crippen molar-refractivity contribution in [3.05, 3.63) is 48.0 Å². The van der Waals surface area contributed by atoms with E-state index < -0.39 is 0 Å². The molecule has 4 heteroatoms. The quantitative estimate of drug-likeness (QED) is 0.867. The lowest BCUT2D eigenvalue weighted by atomic mass is 9.99. The molecule has 1 aliphatic rings. The van der Waals surface area contributed by atoms with Gasteiger partial charge in [0.25, 0.3) is 0 Å². The third-order valence-corrected chi connectivity index (χ3v) is 4.16. The highest BCUT2D eigenvalue weighted by Gasteiger charge is 2.19. The summed E-state index contributed by atoms with van der Waals surface area (Å²) in [5, 5.41) is 9.33. The van der Waals surface area contributed by atoms with E-state index >= 15 is 0 Å². The standard InChI is InChI=1S/C19H18N2O2/c1-23-17-9-10-18(15(12-17)13-20)14-5-7-16(8-6-14)21-11-3-2-4-19(21)22/h5-10,12H,2-4,11H2,1H3. The van der Waals surface area contributed by atoms with Crippen molar-refractivity contribution in [2.75, 3.05) is 18.6 Å². The van der Waals surface area contributed by atoms with Crippen LogP contribution in [-0.4, -0.2) is 19.6 Å². The smallest absolute Gasteiger partial charge is 0.226 e. The summed E-state index contributed by atoms with van der Waals surface area (Å²) in [5.74, 6) is 0.854. The summed E-state index contributed by atoms with van der Waals surface area (Å²) in [6.07, 6.45) is 2.65. The van der Waals surface area contributed by atoms with E-state index in [1.807, 2.05) is 41.3 Å². The normalized spacial score (nSPS) is 14.4. The number of carbonyl (C=O) groups is 1. The molecule has 1 aliphatic heterocycles. The number of nitrogens with zero attached hydrogens (tertiary/aromatic N) is 2. The topological polar surface area (TPSA) is 53.3 Å². The number of benzene rings is 2. The van der Waals surface area contributed by atoms with Gasteiger partial charge in [0.2, 0.25) is 5.91 Å². The highest BCUT2D eigenvalue weighted by molar-refractivity contribution is 5.94. The third-order valence-electron chi connectivity index (χ3n) is 4.16. The van der Waals surface area contributed by atoms with Crippen molar-refractivity contribution in [1.82, 2.24) is 0 Å². The second kappa shape index (κ2) is 6.53. The second-order valence-electron chi connectivity index (χ2n) is 5.57. The van der Waals surface area contributed by atoms with Gasteiger partial charge in [0, 0.05) is 18.7 Å². The van der Waals surface area contributed by atoms with Crippen LogP contribution >= 0.6 is 0 Å². The molecule has 3 rings (SSSR count). The first-order valence-corrected chi connectivity index (χ1v) is 7.72. The highest BCUT2D eigenvalue weighted by atomic mass is 16.5. The van der Waals surface area contributed by atoms with Gasteiger partial charge in [-0.2, -0.15) is 5.26 Å². The monoisotopic (exact) mass is 306 g/mol. The Morgan fingerprint density at radius 3 is 2.57 bits per heavy atom. The van der Waals surface area contributed by atoms with Crippen molar-refractivity contribution < 1.29 is 9.53 Å². The summed E-state index contributed by atoms with van der Waals surface area (Å²) >= 11 is 0. The van der Waals surface area contributed by atoms with E-state index in [4.69, 9.17) is 4.74 Å². The van der Waals surface area contributed by atoms with Crippen molar-refractivity contribution in [2.24, 2.45) is 0 Å². The summed E-state index contributed by atoms with van der Waals surface area (Å²) in [5.41, 5.74) is 3.32. The first-order valence-electron chi connectivity index (χ1n) is 7.72. The molecule has 4 nitrogen and oxygen atoms in total. The van der Waals surface area contributed by atoms with Gasteiger partial charge in [-0.1, -0.05) is 12.1 Å². The Morgan fingerprint density at radius 1 is 1.13 bits per heavy atom. The molecule has 0 unspecified atom stereocenters. The Morgan fingerprint density at radius 2 is 1.91 bits per heavy atom. The fraction of sp³-hybridized carbons (Fsp3) is 0.263. The number of amides is 1. The van der Waals surface area contributed by atoms with Gasteiger partial charge < -0.3 is 9.64 Å². The molecule has 23 heavy (non-hydrogen) atoms. The number of nitriles is 1. The lowest BCUT2D eigenvalue weighted by Crippen LogP contribution is -2.35. The van der Waals surface area contributed by atoms with Crippen molar-refractivity contribution in [3.63, 3.8) is 0 Å². The largest absolute Gasteiger partial charge is 0.497 e. The number of piperidine rings is 1. The predicted molar refractivity (Wildman–Crippen MR) is 89.3 cm³/mol. The number of hydrogen-bond donors (Lipinski definition) is 0. The van der Waals surface area contributed by atoms with Crippen LogP contribution in [0.4, 0.5) is 5.69 Å². The summed E-state index contributed by atoms with van der Waals surface area (Å²) in [4.78, 5) is 13.8. The van der Waals surface area contributed by atoms with Crippen LogP contribution in [-0.2, 0) is 4.79 Å². The van der Waals surface area contributed by atoms with E-state index in [0.717, 1.165) is 36.2 Å². The molecule has 2 aromatic rings. The molecule has 0 spiro atoms. The number of anilines is 1. The molecule has 0 radical (unpaired) electrons. The van der Waals surface area contributed by atoms with Crippen LogP contribution in [0.25, 0.3) is 11.1 Å². The molecule has 0 aromatic heterocycles. The Bertz CT molecular complexity index is 760. The molecule has 116 valence electrons. The number of hydrogen-bond acceptors (Lipinski definition) is 3. The molecule has 1 amide bonds. The summed E-state index contributed by atoms with van der Waals surface area (Å²) in [7, 11) is 1.58. The van der Waals surface area contributed by atoms with Crippen LogP contribution in [0.3, 0.4) is 0 Å². The van der Waals surface area contributed by atoms with E-state index in [2.05, 4.69) is 6.07 Å². The fourth-order valence-electron chi connectivity index (χ4n) is 2.89. The molecule has 0 bridgehead atoms. The molecule has 2 aromatic carbocycles. The van der Waals surface area contributed by atoms with Gasteiger partial charge in [-0.15, -0.1) is 0 Å². The van der Waals surface area contributed by atoms with E-state index in [1.54, 1.807) is 13.2 Å². The van der Waals surface area contributed by atoms with E-state index in [9.17, 15) is 10.1 Å². The van der Waals surface area contributed by atoms with Crippen LogP contribution in [0, 0.1) is 11.3 Å². The van der Waals surface area contributed by atoms with Gasteiger partial charge in [0.05, 0.1) is 18.7 Å². The molecular formula is C19H18N2O2. The summed E-state index contributed by atoms with van der Waals surface area (Å²) in [6, 6.07) is 15.5. The Labute approximate surface area is 135 Å². The molecule has 0 aliphatic carbocycles. The molecule has 1 heterocycles. The summed E-state index contributed by atoms with van der Waals surface area (Å²) < 4.78 is 5.16. The average molecular weight is 306 g/mol. The van der Waals surface area contributed by atoms with Crippen molar-refractivity contribution >= 4 is 11.6 Å². The maximum absolute atomic E-state index is 12.0. The summed E-state index contributed by atoms with van der Waals surface area (Å²) in [6.45, 7) is 0.782. The van der Waals surface area contributed by atoms with Crippen LogP contribution in [0.5, 0.6) is 5.75 Å². The molecule has 0 saturated carbocycles. The van der Waals surface area contributed by atoms with Gasteiger partial charge in [-0.3, -0.25) is 4.79 Å². The lowest BCUT2D eigenvalue weighted by molar-refractivity contribution is -0.119. The fourth-order valence-corrected chi connectivity index (χ4v) is 2.89. The SMILES string of the molecule is COc1ccc(-c2ccc(N3CCCCC3=O)cc2)c(C#N)c1. The predicted octanol–water partition coefficient (Wildman–Crippen LogP) is 3.75. The van der Waals surface area contributed by atoms with Crippen molar-refractivity contribution in [1.29, 1.82) is 5.26 Å². The zero-order valence-electron chi connectivity index (χ0n) is 13.1. The van der Waals surface area contributed by atoms with E-state index in [0.29, 0.717) is 17.7 Å². The minimum absolute atomic E-state index is 0.186. The number of carbonyl (C=O) groups excluding carboxylic acids is 1. The molecule has 0 N–H and O–H groups in total. The van der Waals surface area contributed by atoms with Crippen LogP contribution < -0.4 is 9.64 Å². The Hall–Kier alpha value is -2.80. The average Bonchev–Trinajstić information content (AvgIpc) is 2.62. The van der Waals surface area contributed by atoms with Crippen LogP contribution in [0.15, 0.2) is 42.5 Å². The minimum Gasteiger partial charge on any atom is -0.497 e. The molecular weight excluding hydrogens is 288 g/mol. The van der Waals surface area contributed by atoms with Gasteiger partial charge >= 0.3 is 0 Å². The Kier molecular flexibility index (Phi) is 4.29. The van der Waals surface area contributed by atoms with Crippen LogP contribution in [0.1, 0.15) is 24.8 Å². The van der Waals surface area contributed by atoms with Gasteiger partial charge in [-0.25, -0.2) is 0 Å². The number of ether oxygens (including phenoxy) is 1. The van der Waals surface area contributed by atoms with Crippen LogP contribution in [0.2, 0.25) is 0 Å². The first-order chi connectivity index (χ1) is 11.2. The lowest BCUT2D eigenvalue weighted by Gasteiger charge is -2.26. The molecule has 1 fully saturated rings. The molecule has 1 saturated heterocycles. The maximum atomic E-state index is 12.0. The van der Waals surface area contributed by atoms with Gasteiger partial charge in [-0.05, 0) is 54.3 Å². The van der Waals surface area contributed by atoms with Crippen molar-refractivity contribution in [2.45, 2.75) is 19.3 Å². The Balaban J connectivity index is 1.91. The van der Waals surface area contributed by atoms with E-state index in [-0.39, 0.29) is 5.91 Å². The zero-order chi connectivity index (χ0) is 16.2. The van der Waals surface area contributed by atoms with Gasteiger partial charge in [0.15, 0.2) is 0 Å². The van der Waals surface area contributed by atoms with Gasteiger partial charge in [0.1, 0.15) is 5.75 Å². The minimum atomic E-state index is 0.186. The van der Waals surface area contributed by atoms with Crippen molar-refractivity contribution in [3.8, 4) is 22.9 Å². The highest BCUT2D eigenvalue weighted by Crippen LogP contribution is 2.29.